The smallest absolute Gasteiger partial charge is 0.550 e. The maximum atomic E-state index is 9.98. The van der Waals surface area contributed by atoms with Gasteiger partial charge >= 0.3 is 37.7 Å². The Kier molecular flexibility index (Phi) is 24.8. The Morgan fingerprint density at radius 2 is 1.09 bits per heavy atom. The van der Waals surface area contributed by atoms with Crippen molar-refractivity contribution in [2.75, 3.05) is 0 Å². The number of aliphatic carboxylic acids is 2. The van der Waals surface area contributed by atoms with E-state index < -0.39 is 11.9 Å². The van der Waals surface area contributed by atoms with Crippen LogP contribution in [0.15, 0.2) is 22.2 Å². The van der Waals surface area contributed by atoms with E-state index in [9.17, 15) is 19.8 Å². The molecule has 23 heavy (non-hydrogen) atoms. The minimum absolute atomic E-state index is 0. The Labute approximate surface area is 178 Å². The summed E-state index contributed by atoms with van der Waals surface area (Å²) < 4.78 is 0. The standard InChI is InChI=1S/2C8H13ClO2.Ca/c2*1-2-3-4-7(9)5-6-8(10)11;/h2*4H,2-3,5-6H2,1H3,(H,10,11);/q;;+2/p-2/b2*7-4-;. The van der Waals surface area contributed by atoms with Crippen LogP contribution in [0.1, 0.15) is 65.2 Å². The molecule has 0 amide bonds. The van der Waals surface area contributed by atoms with Crippen LogP contribution in [0.5, 0.6) is 0 Å². The summed E-state index contributed by atoms with van der Waals surface area (Å²) in [4.78, 5) is 20.0. The van der Waals surface area contributed by atoms with Crippen molar-refractivity contribution in [3.63, 3.8) is 0 Å². The van der Waals surface area contributed by atoms with Crippen LogP contribution < -0.4 is 10.2 Å². The van der Waals surface area contributed by atoms with Crippen LogP contribution in [0.2, 0.25) is 0 Å². The molecule has 7 heteroatoms. The number of carbonyl (C=O) groups excluding carboxylic acids is 2. The molecule has 0 spiro atoms. The van der Waals surface area contributed by atoms with Gasteiger partial charge in [0.2, 0.25) is 0 Å². The zero-order valence-corrected chi connectivity index (χ0v) is 17.6. The van der Waals surface area contributed by atoms with Crippen molar-refractivity contribution < 1.29 is 19.8 Å². The molecule has 0 saturated heterocycles. The first-order valence-electron chi connectivity index (χ1n) is 7.42. The van der Waals surface area contributed by atoms with Crippen LogP contribution in [0.4, 0.5) is 0 Å². The molecule has 0 aromatic heterocycles. The summed E-state index contributed by atoms with van der Waals surface area (Å²) in [5, 5.41) is 21.2. The number of halogens is 2. The van der Waals surface area contributed by atoms with E-state index in [-0.39, 0.29) is 50.6 Å². The van der Waals surface area contributed by atoms with E-state index in [0.717, 1.165) is 25.7 Å². The third-order valence-corrected chi connectivity index (χ3v) is 3.13. The summed E-state index contributed by atoms with van der Waals surface area (Å²) in [6.07, 6.45) is 8.39. The third-order valence-electron chi connectivity index (χ3n) is 2.44. The van der Waals surface area contributed by atoms with Gasteiger partial charge in [0.1, 0.15) is 0 Å². The van der Waals surface area contributed by atoms with Gasteiger partial charge in [-0.05, 0) is 38.5 Å². The third kappa shape index (κ3) is 27.4. The summed E-state index contributed by atoms with van der Waals surface area (Å²) >= 11 is 11.3. The molecule has 0 saturated carbocycles. The van der Waals surface area contributed by atoms with Crippen molar-refractivity contribution in [1.29, 1.82) is 0 Å². The fourth-order valence-corrected chi connectivity index (χ4v) is 1.66. The number of allylic oxidation sites excluding steroid dienone is 4. The fourth-order valence-electron chi connectivity index (χ4n) is 1.25. The minimum atomic E-state index is -1.05. The van der Waals surface area contributed by atoms with Gasteiger partial charge < -0.3 is 19.8 Å². The second-order valence-corrected chi connectivity index (χ2v) is 5.59. The first-order valence-corrected chi connectivity index (χ1v) is 8.17. The predicted octanol–water partition coefficient (Wildman–Crippen LogP) is 2.50. The van der Waals surface area contributed by atoms with Crippen molar-refractivity contribution >= 4 is 72.9 Å². The van der Waals surface area contributed by atoms with Crippen molar-refractivity contribution in [3.8, 4) is 0 Å². The molecule has 0 unspecified atom stereocenters. The predicted molar refractivity (Wildman–Crippen MR) is 91.9 cm³/mol. The molecular weight excluding hydrogens is 367 g/mol. The number of rotatable bonds is 10. The number of unbranched alkanes of at least 4 members (excludes halogenated alkanes) is 2. The average Bonchev–Trinajstić information content (AvgIpc) is 2.47. The fraction of sp³-hybridized carbons (Fsp3) is 0.625. The zero-order chi connectivity index (χ0) is 17.4. The van der Waals surface area contributed by atoms with Gasteiger partial charge in [-0.25, -0.2) is 0 Å². The van der Waals surface area contributed by atoms with E-state index in [1.165, 1.54) is 0 Å². The molecule has 0 aliphatic heterocycles. The largest absolute Gasteiger partial charge is 2.00 e. The number of carboxylic acid groups (broad SMARTS) is 2. The molecule has 0 aromatic carbocycles. The van der Waals surface area contributed by atoms with Gasteiger partial charge in [0.15, 0.2) is 0 Å². The number of carboxylic acids is 2. The second-order valence-electron chi connectivity index (χ2n) is 4.62. The first kappa shape index (κ1) is 28.1. The molecule has 0 fully saturated rings. The van der Waals surface area contributed by atoms with E-state index in [1.54, 1.807) is 0 Å². The Morgan fingerprint density at radius 1 is 0.783 bits per heavy atom. The average molecular weight is 391 g/mol. The van der Waals surface area contributed by atoms with E-state index in [0.29, 0.717) is 22.9 Å². The molecule has 0 heterocycles. The van der Waals surface area contributed by atoms with E-state index >= 15 is 0 Å². The van der Waals surface area contributed by atoms with Crippen LogP contribution in [0.3, 0.4) is 0 Å². The van der Waals surface area contributed by atoms with Gasteiger partial charge in [-0.3, -0.25) is 0 Å². The summed E-state index contributed by atoms with van der Waals surface area (Å²) in [5.41, 5.74) is 0. The van der Waals surface area contributed by atoms with Gasteiger partial charge in [-0.1, -0.05) is 62.0 Å². The van der Waals surface area contributed by atoms with Gasteiger partial charge in [-0.15, -0.1) is 0 Å². The zero-order valence-electron chi connectivity index (χ0n) is 13.9. The Bertz CT molecular complexity index is 346. The Morgan fingerprint density at radius 3 is 1.30 bits per heavy atom. The van der Waals surface area contributed by atoms with Crippen LogP contribution >= 0.6 is 23.2 Å². The molecule has 128 valence electrons. The molecule has 0 aliphatic rings. The quantitative estimate of drug-likeness (QED) is 0.536. The van der Waals surface area contributed by atoms with Crippen LogP contribution in [0, 0.1) is 0 Å². The molecule has 0 N–H and O–H groups in total. The maximum absolute atomic E-state index is 9.98. The van der Waals surface area contributed by atoms with Crippen molar-refractivity contribution in [1.82, 2.24) is 0 Å². The van der Waals surface area contributed by atoms with Crippen molar-refractivity contribution in [3.05, 3.63) is 22.2 Å². The number of hydrogen-bond acceptors (Lipinski definition) is 4. The second kappa shape index (κ2) is 20.3. The van der Waals surface area contributed by atoms with E-state index in [1.807, 2.05) is 26.0 Å². The number of hydrogen-bond donors (Lipinski definition) is 0. The summed E-state index contributed by atoms with van der Waals surface area (Å²) in [7, 11) is 0. The van der Waals surface area contributed by atoms with Crippen molar-refractivity contribution in [2.45, 2.75) is 65.2 Å². The summed E-state index contributed by atoms with van der Waals surface area (Å²) in [6, 6.07) is 0. The van der Waals surface area contributed by atoms with Crippen LogP contribution in [0.25, 0.3) is 0 Å². The molecular formula is C16H24CaCl2O4. The minimum Gasteiger partial charge on any atom is -0.550 e. The maximum Gasteiger partial charge on any atom is 2.00 e. The van der Waals surface area contributed by atoms with Gasteiger partial charge in [0.05, 0.1) is 0 Å². The van der Waals surface area contributed by atoms with Crippen LogP contribution in [-0.4, -0.2) is 49.7 Å². The molecule has 0 aromatic rings. The SMILES string of the molecule is CCC/C=C(\Cl)CCC(=O)[O-].CCC/C=C(\Cl)CCC(=O)[O-].[Ca+2]. The number of carbonyl (C=O) groups is 2. The molecule has 4 nitrogen and oxygen atoms in total. The van der Waals surface area contributed by atoms with E-state index in [2.05, 4.69) is 0 Å². The van der Waals surface area contributed by atoms with Crippen LogP contribution in [-0.2, 0) is 9.59 Å². The van der Waals surface area contributed by atoms with Crippen molar-refractivity contribution in [2.24, 2.45) is 0 Å². The Hall–Kier alpha value is 0.260. The molecule has 0 bridgehead atoms. The molecule has 0 radical (unpaired) electrons. The first-order chi connectivity index (χ1) is 10.3. The summed E-state index contributed by atoms with van der Waals surface area (Å²) in [5.74, 6) is -2.10. The molecule has 0 atom stereocenters. The monoisotopic (exact) mass is 390 g/mol. The molecule has 0 aliphatic carbocycles. The topological polar surface area (TPSA) is 80.3 Å². The van der Waals surface area contributed by atoms with Gasteiger partial charge in [0, 0.05) is 22.0 Å². The molecule has 0 rings (SSSR count). The summed E-state index contributed by atoms with van der Waals surface area (Å²) in [6.45, 7) is 4.08. The Balaban J connectivity index is -0.000000333. The van der Waals surface area contributed by atoms with E-state index in [4.69, 9.17) is 23.2 Å². The van der Waals surface area contributed by atoms with Gasteiger partial charge in [0.25, 0.3) is 0 Å². The van der Waals surface area contributed by atoms with Gasteiger partial charge in [-0.2, -0.15) is 0 Å². The normalized spacial score (nSPS) is 11.1.